The summed E-state index contributed by atoms with van der Waals surface area (Å²) >= 11 is 0. The summed E-state index contributed by atoms with van der Waals surface area (Å²) in [5.74, 6) is 1.14. The summed E-state index contributed by atoms with van der Waals surface area (Å²) in [5, 5.41) is 4.51. The van der Waals surface area contributed by atoms with Crippen LogP contribution in [0.1, 0.15) is 31.9 Å². The first-order valence-corrected chi connectivity index (χ1v) is 5.55. The molecule has 0 unspecified atom stereocenters. The summed E-state index contributed by atoms with van der Waals surface area (Å²) < 4.78 is 1.95. The van der Waals surface area contributed by atoms with Gasteiger partial charge in [-0.3, -0.25) is 4.79 Å². The zero-order chi connectivity index (χ0) is 10.8. The fourth-order valence-electron chi connectivity index (χ4n) is 1.95. The molecule has 0 bridgehead atoms. The lowest BCUT2D eigenvalue weighted by molar-refractivity contribution is -0.118. The number of nitrogens with zero attached hydrogens (tertiary/aromatic N) is 3. The SMILES string of the molecule is CCCc1cc2n(n1)CCCC(=O)N2C. The molecule has 2 rings (SSSR count). The van der Waals surface area contributed by atoms with E-state index in [9.17, 15) is 4.79 Å². The highest BCUT2D eigenvalue weighted by Crippen LogP contribution is 2.21. The molecule has 0 aliphatic carbocycles. The zero-order valence-electron chi connectivity index (χ0n) is 9.36. The molecule has 0 aromatic carbocycles. The van der Waals surface area contributed by atoms with Gasteiger partial charge in [-0.15, -0.1) is 0 Å². The predicted octanol–water partition coefficient (Wildman–Crippen LogP) is 1.59. The molecule has 0 saturated carbocycles. The van der Waals surface area contributed by atoms with Gasteiger partial charge in [0.05, 0.1) is 5.69 Å². The van der Waals surface area contributed by atoms with Crippen molar-refractivity contribution in [2.24, 2.45) is 0 Å². The standard InChI is InChI=1S/C11H17N3O/c1-3-5-9-8-10-13(2)11(15)6-4-7-14(10)12-9/h8H,3-7H2,1-2H3. The molecule has 1 aromatic heterocycles. The lowest BCUT2D eigenvalue weighted by Crippen LogP contribution is -2.25. The van der Waals surface area contributed by atoms with Crippen LogP contribution in [-0.2, 0) is 17.8 Å². The van der Waals surface area contributed by atoms with E-state index < -0.39 is 0 Å². The monoisotopic (exact) mass is 207 g/mol. The largest absolute Gasteiger partial charge is 0.300 e. The lowest BCUT2D eigenvalue weighted by atomic mass is 10.2. The Morgan fingerprint density at radius 1 is 1.53 bits per heavy atom. The number of hydrogen-bond donors (Lipinski definition) is 0. The van der Waals surface area contributed by atoms with E-state index in [4.69, 9.17) is 0 Å². The van der Waals surface area contributed by atoms with Crippen LogP contribution in [0.15, 0.2) is 6.07 Å². The van der Waals surface area contributed by atoms with Gasteiger partial charge >= 0.3 is 0 Å². The van der Waals surface area contributed by atoms with Crippen molar-refractivity contribution in [3.8, 4) is 0 Å². The third-order valence-corrected chi connectivity index (χ3v) is 2.79. The van der Waals surface area contributed by atoms with Gasteiger partial charge in [0.25, 0.3) is 0 Å². The first-order valence-electron chi connectivity index (χ1n) is 5.55. The molecule has 0 fully saturated rings. The van der Waals surface area contributed by atoms with Gasteiger partial charge in [-0.05, 0) is 12.8 Å². The molecule has 1 amide bonds. The second kappa shape index (κ2) is 4.04. The Hall–Kier alpha value is -1.32. The van der Waals surface area contributed by atoms with Gasteiger partial charge in [-0.25, -0.2) is 4.68 Å². The van der Waals surface area contributed by atoms with Crippen LogP contribution in [0.5, 0.6) is 0 Å². The Bertz CT molecular complexity index is 370. The van der Waals surface area contributed by atoms with Crippen LogP contribution < -0.4 is 4.90 Å². The van der Waals surface area contributed by atoms with Crippen molar-refractivity contribution < 1.29 is 4.79 Å². The first-order chi connectivity index (χ1) is 7.22. The second-order valence-corrected chi connectivity index (χ2v) is 4.02. The predicted molar refractivity (Wildman–Crippen MR) is 58.9 cm³/mol. The van der Waals surface area contributed by atoms with Crippen molar-refractivity contribution in [1.82, 2.24) is 9.78 Å². The first kappa shape index (κ1) is 10.2. The number of hydrogen-bond acceptors (Lipinski definition) is 2. The van der Waals surface area contributed by atoms with Crippen molar-refractivity contribution in [2.45, 2.75) is 39.2 Å². The van der Waals surface area contributed by atoms with E-state index in [2.05, 4.69) is 12.0 Å². The highest BCUT2D eigenvalue weighted by atomic mass is 16.2. The molecule has 4 heteroatoms. The van der Waals surface area contributed by atoms with E-state index in [1.165, 1.54) is 0 Å². The summed E-state index contributed by atoms with van der Waals surface area (Å²) in [4.78, 5) is 13.4. The maximum absolute atomic E-state index is 11.6. The van der Waals surface area contributed by atoms with Crippen LogP contribution in [0.4, 0.5) is 5.82 Å². The average Bonchev–Trinajstić information content (AvgIpc) is 2.55. The van der Waals surface area contributed by atoms with Crippen LogP contribution in [0.25, 0.3) is 0 Å². The fraction of sp³-hybridized carbons (Fsp3) is 0.636. The maximum atomic E-state index is 11.6. The number of aromatic nitrogens is 2. The quantitative estimate of drug-likeness (QED) is 0.738. The number of anilines is 1. The number of aryl methyl sites for hydroxylation is 2. The summed E-state index contributed by atoms with van der Waals surface area (Å²) in [7, 11) is 1.83. The zero-order valence-corrected chi connectivity index (χ0v) is 9.36. The van der Waals surface area contributed by atoms with Crippen molar-refractivity contribution in [3.63, 3.8) is 0 Å². The van der Waals surface area contributed by atoms with Gasteiger partial charge in [0.2, 0.25) is 5.91 Å². The lowest BCUT2D eigenvalue weighted by Gasteiger charge is -2.13. The number of fused-ring (bicyclic) bond motifs is 1. The van der Waals surface area contributed by atoms with Crippen molar-refractivity contribution in [1.29, 1.82) is 0 Å². The van der Waals surface area contributed by atoms with E-state index in [0.29, 0.717) is 6.42 Å². The Morgan fingerprint density at radius 3 is 3.07 bits per heavy atom. The van der Waals surface area contributed by atoms with Gasteiger partial charge in [0.15, 0.2) is 0 Å². The Labute approximate surface area is 89.9 Å². The topological polar surface area (TPSA) is 38.1 Å². The van der Waals surface area contributed by atoms with Gasteiger partial charge in [-0.1, -0.05) is 13.3 Å². The van der Waals surface area contributed by atoms with E-state index in [-0.39, 0.29) is 5.91 Å². The van der Waals surface area contributed by atoms with E-state index in [1.54, 1.807) is 4.90 Å². The van der Waals surface area contributed by atoms with Crippen LogP contribution in [0.3, 0.4) is 0 Å². The molecule has 82 valence electrons. The Balaban J connectivity index is 2.32. The summed E-state index contributed by atoms with van der Waals surface area (Å²) in [6.45, 7) is 2.99. The van der Waals surface area contributed by atoms with Crippen LogP contribution in [-0.4, -0.2) is 22.7 Å². The third kappa shape index (κ3) is 1.89. The average molecular weight is 207 g/mol. The summed E-state index contributed by atoms with van der Waals surface area (Å²) in [6.07, 6.45) is 3.60. The molecule has 1 aliphatic heterocycles. The minimum Gasteiger partial charge on any atom is -0.300 e. The van der Waals surface area contributed by atoms with Crippen LogP contribution in [0, 0.1) is 0 Å². The summed E-state index contributed by atoms with van der Waals surface area (Å²) in [5.41, 5.74) is 1.09. The summed E-state index contributed by atoms with van der Waals surface area (Å²) in [6, 6.07) is 2.03. The molecule has 0 saturated heterocycles. The number of amides is 1. The van der Waals surface area contributed by atoms with E-state index in [1.807, 2.05) is 17.8 Å². The Kier molecular flexibility index (Phi) is 2.75. The Morgan fingerprint density at radius 2 is 2.33 bits per heavy atom. The van der Waals surface area contributed by atoms with Gasteiger partial charge in [0, 0.05) is 26.1 Å². The highest BCUT2D eigenvalue weighted by Gasteiger charge is 2.20. The minimum absolute atomic E-state index is 0.191. The van der Waals surface area contributed by atoms with E-state index in [0.717, 1.165) is 37.3 Å². The maximum Gasteiger partial charge on any atom is 0.227 e. The molecular weight excluding hydrogens is 190 g/mol. The molecule has 0 radical (unpaired) electrons. The molecule has 0 atom stereocenters. The molecule has 0 spiro atoms. The van der Waals surface area contributed by atoms with Crippen molar-refractivity contribution in [2.75, 3.05) is 11.9 Å². The molecule has 4 nitrogen and oxygen atoms in total. The van der Waals surface area contributed by atoms with E-state index >= 15 is 0 Å². The molecule has 1 aromatic rings. The molecular formula is C11H17N3O. The number of carbonyl (C=O) groups excluding carboxylic acids is 1. The molecule has 15 heavy (non-hydrogen) atoms. The number of rotatable bonds is 2. The van der Waals surface area contributed by atoms with Crippen LogP contribution in [0.2, 0.25) is 0 Å². The second-order valence-electron chi connectivity index (χ2n) is 4.02. The van der Waals surface area contributed by atoms with Gasteiger partial charge in [-0.2, -0.15) is 5.10 Å². The molecule has 2 heterocycles. The number of carbonyl (C=O) groups is 1. The van der Waals surface area contributed by atoms with Crippen LogP contribution >= 0.6 is 0 Å². The van der Waals surface area contributed by atoms with Crippen molar-refractivity contribution >= 4 is 11.7 Å². The molecule has 0 N–H and O–H groups in total. The smallest absolute Gasteiger partial charge is 0.227 e. The normalized spacial score (nSPS) is 16.4. The third-order valence-electron chi connectivity index (χ3n) is 2.79. The molecule has 1 aliphatic rings. The highest BCUT2D eigenvalue weighted by molar-refractivity contribution is 5.92. The van der Waals surface area contributed by atoms with Crippen molar-refractivity contribution in [3.05, 3.63) is 11.8 Å². The van der Waals surface area contributed by atoms with Gasteiger partial charge < -0.3 is 4.90 Å². The fourth-order valence-corrected chi connectivity index (χ4v) is 1.95. The minimum atomic E-state index is 0.191. The van der Waals surface area contributed by atoms with Gasteiger partial charge in [0.1, 0.15) is 5.82 Å².